The van der Waals surface area contributed by atoms with Gasteiger partial charge in [0.1, 0.15) is 22.2 Å². The molecule has 28 heavy (non-hydrogen) atoms. The number of benzene rings is 2. The maximum absolute atomic E-state index is 13.4. The molecule has 2 rings (SSSR count). The summed E-state index contributed by atoms with van der Waals surface area (Å²) in [6, 6.07) is 8.02. The van der Waals surface area contributed by atoms with Crippen LogP contribution >= 0.6 is 23.2 Å². The summed E-state index contributed by atoms with van der Waals surface area (Å²) in [5.74, 6) is -0.433. The highest BCUT2D eigenvalue weighted by molar-refractivity contribution is 7.93. The molecule has 0 atom stereocenters. The second-order valence-electron chi connectivity index (χ2n) is 6.00. The first-order valence-electron chi connectivity index (χ1n) is 8.41. The van der Waals surface area contributed by atoms with Gasteiger partial charge < -0.3 is 9.47 Å². The number of anilines is 1. The van der Waals surface area contributed by atoms with Crippen molar-refractivity contribution in [3.63, 3.8) is 0 Å². The van der Waals surface area contributed by atoms with Crippen LogP contribution in [0.1, 0.15) is 18.1 Å². The van der Waals surface area contributed by atoms with E-state index in [0.29, 0.717) is 11.3 Å². The minimum absolute atomic E-state index is 0.0257. The van der Waals surface area contributed by atoms with Crippen molar-refractivity contribution in [3.05, 3.63) is 51.5 Å². The fourth-order valence-corrected chi connectivity index (χ4v) is 4.88. The smallest absolute Gasteiger partial charge is 0.326 e. The van der Waals surface area contributed by atoms with Crippen LogP contribution in [0.15, 0.2) is 35.2 Å². The molecule has 0 amide bonds. The molecule has 6 nitrogen and oxygen atoms in total. The molecular weight excluding hydrogens is 425 g/mol. The molecule has 9 heteroatoms. The summed E-state index contributed by atoms with van der Waals surface area (Å²) >= 11 is 12.4. The molecule has 0 radical (unpaired) electrons. The number of carbonyl (C=O) groups is 1. The lowest BCUT2D eigenvalue weighted by molar-refractivity contribution is -0.141. The summed E-state index contributed by atoms with van der Waals surface area (Å²) < 4.78 is 37.9. The number of aryl methyl sites for hydroxylation is 2. The highest BCUT2D eigenvalue weighted by Gasteiger charge is 2.32. The van der Waals surface area contributed by atoms with Crippen LogP contribution in [-0.2, 0) is 19.6 Å². The van der Waals surface area contributed by atoms with E-state index in [2.05, 4.69) is 0 Å². The van der Waals surface area contributed by atoms with E-state index in [1.165, 1.54) is 19.2 Å². The van der Waals surface area contributed by atoms with Crippen LogP contribution in [-0.4, -0.2) is 34.6 Å². The van der Waals surface area contributed by atoms with E-state index in [0.717, 1.165) is 9.87 Å². The average Bonchev–Trinajstić information content (AvgIpc) is 2.64. The Morgan fingerprint density at radius 1 is 1.11 bits per heavy atom. The summed E-state index contributed by atoms with van der Waals surface area (Å²) in [7, 11) is -2.83. The highest BCUT2D eigenvalue weighted by atomic mass is 35.5. The second kappa shape index (κ2) is 9.03. The van der Waals surface area contributed by atoms with Crippen molar-refractivity contribution in [2.24, 2.45) is 0 Å². The maximum atomic E-state index is 13.4. The molecule has 0 unspecified atom stereocenters. The van der Waals surface area contributed by atoms with Gasteiger partial charge in [0.15, 0.2) is 0 Å². The Hall–Kier alpha value is -1.96. The average molecular weight is 446 g/mol. The molecule has 0 bridgehead atoms. The minimum Gasteiger partial charge on any atom is -0.495 e. The molecule has 0 saturated carbocycles. The number of carbonyl (C=O) groups excluding carboxylic acids is 1. The fraction of sp³-hybridized carbons (Fsp3) is 0.316. The van der Waals surface area contributed by atoms with Crippen LogP contribution in [0.5, 0.6) is 5.75 Å². The van der Waals surface area contributed by atoms with Gasteiger partial charge in [-0.2, -0.15) is 0 Å². The zero-order valence-corrected chi connectivity index (χ0v) is 18.3. The lowest BCUT2D eigenvalue weighted by atomic mass is 10.1. The minimum atomic E-state index is -4.22. The predicted octanol–water partition coefficient (Wildman–Crippen LogP) is 4.38. The molecule has 0 fully saturated rings. The van der Waals surface area contributed by atoms with Crippen molar-refractivity contribution in [1.29, 1.82) is 0 Å². The van der Waals surface area contributed by atoms with Crippen molar-refractivity contribution >= 4 is 44.9 Å². The van der Waals surface area contributed by atoms with Gasteiger partial charge in [-0.1, -0.05) is 35.3 Å². The predicted molar refractivity (Wildman–Crippen MR) is 110 cm³/mol. The third kappa shape index (κ3) is 4.54. The molecule has 0 N–H and O–H groups in total. The number of methoxy groups -OCH3 is 1. The van der Waals surface area contributed by atoms with Crippen molar-refractivity contribution in [1.82, 2.24) is 0 Å². The van der Waals surface area contributed by atoms with Gasteiger partial charge >= 0.3 is 5.97 Å². The standard InChI is InChI=1S/C19H21Cl2NO5S/c1-5-27-17(23)11-22(14-10-12(2)6-7-13(14)3)28(24,25)16-9-8-15(26-4)18(20)19(16)21/h6-10H,5,11H2,1-4H3. The monoisotopic (exact) mass is 445 g/mol. The van der Waals surface area contributed by atoms with Gasteiger partial charge in [-0.05, 0) is 50.1 Å². The van der Waals surface area contributed by atoms with Crippen LogP contribution in [0.4, 0.5) is 5.69 Å². The Morgan fingerprint density at radius 2 is 1.79 bits per heavy atom. The van der Waals surface area contributed by atoms with Gasteiger partial charge in [0.2, 0.25) is 0 Å². The SMILES string of the molecule is CCOC(=O)CN(c1cc(C)ccc1C)S(=O)(=O)c1ccc(OC)c(Cl)c1Cl. The third-order valence-corrected chi connectivity index (χ3v) is 6.79. The molecule has 152 valence electrons. The lowest BCUT2D eigenvalue weighted by Gasteiger charge is -2.26. The van der Waals surface area contributed by atoms with Gasteiger partial charge in [-0.3, -0.25) is 9.10 Å². The highest BCUT2D eigenvalue weighted by Crippen LogP contribution is 2.39. The molecule has 0 aromatic heterocycles. The van der Waals surface area contributed by atoms with E-state index in [1.807, 2.05) is 13.0 Å². The quantitative estimate of drug-likeness (QED) is 0.591. The van der Waals surface area contributed by atoms with Crippen LogP contribution < -0.4 is 9.04 Å². The van der Waals surface area contributed by atoms with E-state index < -0.39 is 22.5 Å². The second-order valence-corrected chi connectivity index (χ2v) is 8.59. The molecule has 2 aromatic carbocycles. The Balaban J connectivity index is 2.67. The lowest BCUT2D eigenvalue weighted by Crippen LogP contribution is -2.37. The van der Waals surface area contributed by atoms with Crippen LogP contribution in [0.25, 0.3) is 0 Å². The number of hydrogen-bond acceptors (Lipinski definition) is 5. The first-order chi connectivity index (χ1) is 13.1. The molecule has 0 aliphatic heterocycles. The van der Waals surface area contributed by atoms with Crippen molar-refractivity contribution < 1.29 is 22.7 Å². The number of ether oxygens (including phenoxy) is 2. The number of rotatable bonds is 7. The molecule has 0 spiro atoms. The number of halogens is 2. The van der Waals surface area contributed by atoms with Crippen LogP contribution in [0.3, 0.4) is 0 Å². The third-order valence-electron chi connectivity index (χ3n) is 4.01. The number of sulfonamides is 1. The van der Waals surface area contributed by atoms with E-state index in [1.54, 1.807) is 26.0 Å². The summed E-state index contributed by atoms with van der Waals surface area (Å²) in [4.78, 5) is 11.9. The van der Waals surface area contributed by atoms with E-state index in [4.69, 9.17) is 32.7 Å². The number of nitrogens with zero attached hydrogens (tertiary/aromatic N) is 1. The van der Waals surface area contributed by atoms with Crippen molar-refractivity contribution in [2.75, 3.05) is 24.6 Å². The largest absolute Gasteiger partial charge is 0.495 e. The Labute approximate surface area is 175 Å². The topological polar surface area (TPSA) is 72.9 Å². The molecule has 0 aliphatic rings. The van der Waals surface area contributed by atoms with Gasteiger partial charge in [-0.25, -0.2) is 8.42 Å². The Kier molecular flexibility index (Phi) is 7.20. The summed E-state index contributed by atoms with van der Waals surface area (Å²) in [5, 5.41) is -0.206. The fourth-order valence-electron chi connectivity index (χ4n) is 2.60. The first-order valence-corrected chi connectivity index (χ1v) is 10.6. The zero-order chi connectivity index (χ0) is 21.1. The molecule has 2 aromatic rings. The molecule has 0 aliphatic carbocycles. The van der Waals surface area contributed by atoms with Crippen molar-refractivity contribution in [3.8, 4) is 5.75 Å². The Bertz CT molecular complexity index is 992. The van der Waals surface area contributed by atoms with Gasteiger partial charge in [-0.15, -0.1) is 0 Å². The van der Waals surface area contributed by atoms with Crippen molar-refractivity contribution in [2.45, 2.75) is 25.7 Å². The normalized spacial score (nSPS) is 11.2. The summed E-state index contributed by atoms with van der Waals surface area (Å²) in [6.45, 7) is 4.87. The number of hydrogen-bond donors (Lipinski definition) is 0. The summed E-state index contributed by atoms with van der Waals surface area (Å²) in [5.41, 5.74) is 1.87. The number of esters is 1. The van der Waals surface area contributed by atoms with Gasteiger partial charge in [0.25, 0.3) is 10.0 Å². The van der Waals surface area contributed by atoms with Gasteiger partial charge in [0, 0.05) is 0 Å². The molecule has 0 heterocycles. The molecule has 0 saturated heterocycles. The Morgan fingerprint density at radius 3 is 2.39 bits per heavy atom. The van der Waals surface area contributed by atoms with Crippen LogP contribution in [0, 0.1) is 13.8 Å². The van der Waals surface area contributed by atoms with E-state index in [9.17, 15) is 13.2 Å². The first kappa shape index (κ1) is 22.3. The van der Waals surface area contributed by atoms with E-state index in [-0.39, 0.29) is 27.3 Å². The van der Waals surface area contributed by atoms with E-state index >= 15 is 0 Å². The maximum Gasteiger partial charge on any atom is 0.326 e. The van der Waals surface area contributed by atoms with Crippen LogP contribution in [0.2, 0.25) is 10.0 Å². The van der Waals surface area contributed by atoms with Gasteiger partial charge in [0.05, 0.1) is 24.4 Å². The molecular formula is C19H21Cl2NO5S. The summed E-state index contributed by atoms with van der Waals surface area (Å²) in [6.07, 6.45) is 0. The zero-order valence-electron chi connectivity index (χ0n) is 16.0.